The molecule has 0 radical (unpaired) electrons. The molecule has 2 aromatic heterocycles. The second-order valence-electron chi connectivity index (χ2n) is 4.85. The topological polar surface area (TPSA) is 70.4 Å². The maximum atomic E-state index is 12.8. The average Bonchev–Trinajstić information content (AvgIpc) is 2.92. The van der Waals surface area contributed by atoms with E-state index in [0.29, 0.717) is 32.1 Å². The lowest BCUT2D eigenvalue weighted by Crippen LogP contribution is -2.18. The Hall–Kier alpha value is -2.67. The highest BCUT2D eigenvalue weighted by Gasteiger charge is 2.20. The van der Waals surface area contributed by atoms with Gasteiger partial charge in [-0.25, -0.2) is 9.78 Å². The lowest BCUT2D eigenvalue weighted by molar-refractivity contribution is 0.0605. The van der Waals surface area contributed by atoms with E-state index < -0.39 is 5.97 Å². The summed E-state index contributed by atoms with van der Waals surface area (Å²) in [6.07, 6.45) is 1.46. The van der Waals surface area contributed by atoms with Crippen LogP contribution in [0.2, 0.25) is 0 Å². The molecule has 0 N–H and O–H groups in total. The third kappa shape index (κ3) is 2.49. The van der Waals surface area contributed by atoms with Gasteiger partial charge in [-0.15, -0.1) is 11.3 Å². The smallest absolute Gasteiger partial charge is 0.348 e. The second kappa shape index (κ2) is 5.85. The van der Waals surface area contributed by atoms with Crippen molar-refractivity contribution in [3.63, 3.8) is 0 Å². The van der Waals surface area contributed by atoms with Gasteiger partial charge in [-0.3, -0.25) is 9.36 Å². The van der Waals surface area contributed by atoms with Crippen molar-refractivity contribution in [1.29, 1.82) is 0 Å². The largest absolute Gasteiger partial charge is 0.497 e. The van der Waals surface area contributed by atoms with Crippen molar-refractivity contribution in [3.8, 4) is 11.4 Å². The number of benzene rings is 1. The average molecular weight is 330 g/mol. The molecular formula is C16H14N2O4S. The van der Waals surface area contributed by atoms with Gasteiger partial charge in [0.05, 0.1) is 25.3 Å². The molecule has 118 valence electrons. The number of hydrogen-bond donors (Lipinski definition) is 0. The summed E-state index contributed by atoms with van der Waals surface area (Å²) < 4.78 is 11.3. The summed E-state index contributed by atoms with van der Waals surface area (Å²) in [6.45, 7) is 1.73. The predicted octanol–water partition coefficient (Wildman–Crippen LogP) is 2.55. The minimum atomic E-state index is -0.458. The summed E-state index contributed by atoms with van der Waals surface area (Å²) in [6, 6.07) is 7.09. The molecule has 23 heavy (non-hydrogen) atoms. The van der Waals surface area contributed by atoms with Gasteiger partial charge < -0.3 is 9.47 Å². The summed E-state index contributed by atoms with van der Waals surface area (Å²) in [4.78, 5) is 29.8. The molecule has 0 fully saturated rings. The number of rotatable bonds is 3. The van der Waals surface area contributed by atoms with E-state index in [2.05, 4.69) is 4.98 Å². The Bertz CT molecular complexity index is 941. The summed E-state index contributed by atoms with van der Waals surface area (Å²) in [5.74, 6) is 0.247. The first kappa shape index (κ1) is 15.2. The zero-order chi connectivity index (χ0) is 16.6. The van der Waals surface area contributed by atoms with Crippen molar-refractivity contribution in [1.82, 2.24) is 9.55 Å². The van der Waals surface area contributed by atoms with Crippen LogP contribution in [0.25, 0.3) is 15.9 Å². The molecule has 7 heteroatoms. The Balaban J connectivity index is 2.20. The first-order chi connectivity index (χ1) is 11.1. The van der Waals surface area contributed by atoms with E-state index in [-0.39, 0.29) is 5.56 Å². The molecule has 3 rings (SSSR count). The van der Waals surface area contributed by atoms with Gasteiger partial charge in [-0.2, -0.15) is 0 Å². The van der Waals surface area contributed by atoms with Crippen LogP contribution in [0, 0.1) is 6.92 Å². The van der Waals surface area contributed by atoms with Crippen molar-refractivity contribution < 1.29 is 14.3 Å². The molecule has 1 aromatic carbocycles. The summed E-state index contributed by atoms with van der Waals surface area (Å²) in [5, 5.41) is 0.439. The van der Waals surface area contributed by atoms with Gasteiger partial charge >= 0.3 is 5.97 Å². The fourth-order valence-corrected chi connectivity index (χ4v) is 3.40. The van der Waals surface area contributed by atoms with Crippen LogP contribution in [-0.4, -0.2) is 29.7 Å². The van der Waals surface area contributed by atoms with Gasteiger partial charge in [0.1, 0.15) is 21.8 Å². The van der Waals surface area contributed by atoms with Crippen LogP contribution in [-0.2, 0) is 4.74 Å². The number of ether oxygens (including phenoxy) is 2. The number of carbonyl (C=O) groups excluding carboxylic acids is 1. The Kier molecular flexibility index (Phi) is 3.87. The molecule has 6 nitrogen and oxygen atoms in total. The Labute approximate surface area is 135 Å². The summed E-state index contributed by atoms with van der Waals surface area (Å²) >= 11 is 1.16. The van der Waals surface area contributed by atoms with Crippen molar-refractivity contribution >= 4 is 27.5 Å². The van der Waals surface area contributed by atoms with Crippen LogP contribution >= 0.6 is 11.3 Å². The van der Waals surface area contributed by atoms with E-state index in [1.54, 1.807) is 38.3 Å². The van der Waals surface area contributed by atoms with Gasteiger partial charge in [0.15, 0.2) is 0 Å². The normalized spacial score (nSPS) is 10.7. The fraction of sp³-hybridized carbons (Fsp3) is 0.188. The molecule has 3 aromatic rings. The number of fused-ring (bicyclic) bond motifs is 1. The van der Waals surface area contributed by atoms with Crippen molar-refractivity contribution in [2.45, 2.75) is 6.92 Å². The lowest BCUT2D eigenvalue weighted by atomic mass is 10.2. The first-order valence-corrected chi connectivity index (χ1v) is 7.62. The number of methoxy groups -OCH3 is 2. The SMILES string of the molecule is COC(=O)c1sc2ncn(-c3ccc(OC)cc3)c(=O)c2c1C. The van der Waals surface area contributed by atoms with Gasteiger partial charge in [0.2, 0.25) is 0 Å². The van der Waals surface area contributed by atoms with Crippen LogP contribution < -0.4 is 10.3 Å². The number of aromatic nitrogens is 2. The quantitative estimate of drug-likeness (QED) is 0.690. The van der Waals surface area contributed by atoms with Crippen LogP contribution in [0.5, 0.6) is 5.75 Å². The molecule has 0 aliphatic heterocycles. The van der Waals surface area contributed by atoms with Gasteiger partial charge in [-0.1, -0.05) is 0 Å². The number of hydrogen-bond acceptors (Lipinski definition) is 6. The van der Waals surface area contributed by atoms with Crippen LogP contribution in [0.4, 0.5) is 0 Å². The molecule has 0 unspecified atom stereocenters. The second-order valence-corrected chi connectivity index (χ2v) is 5.84. The van der Waals surface area contributed by atoms with E-state index in [9.17, 15) is 9.59 Å². The highest BCUT2D eigenvalue weighted by molar-refractivity contribution is 7.20. The van der Waals surface area contributed by atoms with Crippen LogP contribution in [0.3, 0.4) is 0 Å². The zero-order valence-corrected chi connectivity index (χ0v) is 13.6. The molecule has 0 atom stereocenters. The van der Waals surface area contributed by atoms with Crippen LogP contribution in [0.1, 0.15) is 15.2 Å². The molecular weight excluding hydrogens is 316 g/mol. The standard InChI is InChI=1S/C16H14N2O4S/c1-9-12-14(23-13(9)16(20)22-3)17-8-18(15(12)19)10-4-6-11(21-2)7-5-10/h4-8H,1-3H3. The first-order valence-electron chi connectivity index (χ1n) is 6.80. The monoisotopic (exact) mass is 330 g/mol. The molecule has 2 heterocycles. The number of nitrogens with zero attached hydrogens (tertiary/aromatic N) is 2. The van der Waals surface area contributed by atoms with E-state index >= 15 is 0 Å². The Morgan fingerprint density at radius 2 is 1.91 bits per heavy atom. The molecule has 0 saturated carbocycles. The predicted molar refractivity (Wildman–Crippen MR) is 87.8 cm³/mol. The Morgan fingerprint density at radius 1 is 1.22 bits per heavy atom. The minimum Gasteiger partial charge on any atom is -0.497 e. The molecule has 0 amide bonds. The molecule has 0 bridgehead atoms. The minimum absolute atomic E-state index is 0.218. The molecule has 0 aliphatic rings. The molecule has 0 saturated heterocycles. The lowest BCUT2D eigenvalue weighted by Gasteiger charge is -2.06. The highest BCUT2D eigenvalue weighted by Crippen LogP contribution is 2.27. The van der Waals surface area contributed by atoms with Crippen molar-refractivity contribution in [2.75, 3.05) is 14.2 Å². The van der Waals surface area contributed by atoms with Crippen LogP contribution in [0.15, 0.2) is 35.4 Å². The maximum absolute atomic E-state index is 12.8. The zero-order valence-electron chi connectivity index (χ0n) is 12.8. The van der Waals surface area contributed by atoms with Crippen molar-refractivity contribution in [3.05, 3.63) is 51.4 Å². The maximum Gasteiger partial charge on any atom is 0.348 e. The number of thiophene rings is 1. The van der Waals surface area contributed by atoms with Gasteiger partial charge in [0.25, 0.3) is 5.56 Å². The number of aryl methyl sites for hydroxylation is 1. The third-order valence-electron chi connectivity index (χ3n) is 3.57. The molecule has 0 aliphatic carbocycles. The highest BCUT2D eigenvalue weighted by atomic mass is 32.1. The van der Waals surface area contributed by atoms with Crippen molar-refractivity contribution in [2.24, 2.45) is 0 Å². The van der Waals surface area contributed by atoms with Gasteiger partial charge in [-0.05, 0) is 36.8 Å². The Morgan fingerprint density at radius 3 is 2.52 bits per heavy atom. The van der Waals surface area contributed by atoms with Gasteiger partial charge in [0, 0.05) is 0 Å². The molecule has 0 spiro atoms. The summed E-state index contributed by atoms with van der Waals surface area (Å²) in [7, 11) is 2.90. The third-order valence-corrected chi connectivity index (χ3v) is 4.75. The van der Waals surface area contributed by atoms with E-state index in [1.807, 2.05) is 0 Å². The number of esters is 1. The number of carbonyl (C=O) groups is 1. The van der Waals surface area contributed by atoms with E-state index in [1.165, 1.54) is 18.0 Å². The summed E-state index contributed by atoms with van der Waals surface area (Å²) in [5.41, 5.74) is 1.05. The van der Waals surface area contributed by atoms with E-state index in [0.717, 1.165) is 11.3 Å². The fourth-order valence-electron chi connectivity index (χ4n) is 2.34. The van der Waals surface area contributed by atoms with E-state index in [4.69, 9.17) is 9.47 Å².